The average molecular weight is 263 g/mol. The summed E-state index contributed by atoms with van der Waals surface area (Å²) in [5, 5.41) is 25.1. The second-order valence-corrected chi connectivity index (χ2v) is 4.38. The van der Waals surface area contributed by atoms with E-state index < -0.39 is 0 Å². The highest BCUT2D eigenvalue weighted by atomic mass is 16.3. The first-order valence-corrected chi connectivity index (χ1v) is 5.85. The zero-order valence-corrected chi connectivity index (χ0v) is 11.0. The van der Waals surface area contributed by atoms with Crippen LogP contribution in [0.15, 0.2) is 28.2 Å². The van der Waals surface area contributed by atoms with Gasteiger partial charge in [0, 0.05) is 14.1 Å². The van der Waals surface area contributed by atoms with Crippen LogP contribution >= 0.6 is 0 Å². The molecular formula is C12H17N5O2. The number of rotatable bonds is 1. The molecule has 19 heavy (non-hydrogen) atoms. The number of anilines is 1. The van der Waals surface area contributed by atoms with Crippen LogP contribution in [0.2, 0.25) is 0 Å². The molecule has 0 aliphatic carbocycles. The van der Waals surface area contributed by atoms with E-state index >= 15 is 0 Å². The van der Waals surface area contributed by atoms with Crippen molar-refractivity contribution in [3.05, 3.63) is 18.2 Å². The third-order valence-electron chi connectivity index (χ3n) is 2.55. The Balaban J connectivity index is 2.18. The fraction of sp³-hybridized carbons (Fsp3) is 0.333. The van der Waals surface area contributed by atoms with E-state index in [1.807, 2.05) is 25.9 Å². The van der Waals surface area contributed by atoms with E-state index in [1.54, 1.807) is 12.1 Å². The summed E-state index contributed by atoms with van der Waals surface area (Å²) in [6, 6.07) is 4.68. The van der Waals surface area contributed by atoms with E-state index in [1.165, 1.54) is 6.07 Å². The minimum Gasteiger partial charge on any atom is -0.504 e. The normalized spacial score (nSPS) is 18.2. The number of para-hydroxylation sites is 1. The van der Waals surface area contributed by atoms with Crippen LogP contribution in [-0.2, 0) is 0 Å². The van der Waals surface area contributed by atoms with E-state index in [0.717, 1.165) is 0 Å². The standard InChI is InChI=1S/C12H17N5O2/c1-7-13-11(16-12(14-7)17(2)3)15-8-5-4-6-9(18)10(8)19/h4-7,18-19H,1-3H3,(H2,13,14,15,16). The molecule has 1 aromatic rings. The SMILES string of the molecule is CC1N=C(Nc2cccc(O)c2O)NC(N(C)C)=N1. The molecule has 0 amide bonds. The molecule has 1 aliphatic rings. The zero-order valence-electron chi connectivity index (χ0n) is 11.0. The lowest BCUT2D eigenvalue weighted by molar-refractivity contribution is 0.405. The highest BCUT2D eigenvalue weighted by molar-refractivity contribution is 6.06. The van der Waals surface area contributed by atoms with Gasteiger partial charge in [-0.3, -0.25) is 5.32 Å². The van der Waals surface area contributed by atoms with Crippen LogP contribution in [0.5, 0.6) is 11.5 Å². The number of benzene rings is 1. The monoisotopic (exact) mass is 263 g/mol. The second-order valence-electron chi connectivity index (χ2n) is 4.38. The van der Waals surface area contributed by atoms with E-state index in [-0.39, 0.29) is 17.7 Å². The lowest BCUT2D eigenvalue weighted by Gasteiger charge is -2.24. The predicted octanol–water partition coefficient (Wildman–Crippen LogP) is 0.732. The summed E-state index contributed by atoms with van der Waals surface area (Å²) in [5.41, 5.74) is 0.374. The molecule has 0 bridgehead atoms. The Morgan fingerprint density at radius 3 is 2.68 bits per heavy atom. The van der Waals surface area contributed by atoms with Crippen molar-refractivity contribution in [3.63, 3.8) is 0 Å². The first-order chi connectivity index (χ1) is 8.97. The topological polar surface area (TPSA) is 92.5 Å². The van der Waals surface area contributed by atoms with Gasteiger partial charge in [-0.15, -0.1) is 0 Å². The van der Waals surface area contributed by atoms with Gasteiger partial charge in [-0.1, -0.05) is 6.07 Å². The van der Waals surface area contributed by atoms with Gasteiger partial charge in [0.25, 0.3) is 0 Å². The summed E-state index contributed by atoms with van der Waals surface area (Å²) in [5.74, 6) is 0.737. The number of phenolic OH excluding ortho intramolecular Hbond substituents is 2. The van der Waals surface area contributed by atoms with Gasteiger partial charge in [0.1, 0.15) is 6.17 Å². The Kier molecular flexibility index (Phi) is 3.46. The predicted molar refractivity (Wildman–Crippen MR) is 74.5 cm³/mol. The molecule has 0 saturated carbocycles. The minimum absolute atomic E-state index is 0.184. The number of phenols is 2. The third-order valence-corrected chi connectivity index (χ3v) is 2.55. The smallest absolute Gasteiger partial charge is 0.204 e. The summed E-state index contributed by atoms with van der Waals surface area (Å²) in [6.07, 6.45) is -0.222. The van der Waals surface area contributed by atoms with E-state index in [9.17, 15) is 10.2 Å². The lowest BCUT2D eigenvalue weighted by Crippen LogP contribution is -2.46. The Morgan fingerprint density at radius 1 is 1.26 bits per heavy atom. The summed E-state index contributed by atoms with van der Waals surface area (Å²) in [4.78, 5) is 10.4. The van der Waals surface area contributed by atoms with Crippen molar-refractivity contribution in [3.8, 4) is 11.5 Å². The molecule has 1 aromatic carbocycles. The van der Waals surface area contributed by atoms with Gasteiger partial charge < -0.3 is 20.4 Å². The van der Waals surface area contributed by atoms with Gasteiger partial charge in [-0.2, -0.15) is 0 Å². The molecule has 1 aliphatic heterocycles. The fourth-order valence-electron chi connectivity index (χ4n) is 1.61. The molecule has 4 N–H and O–H groups in total. The molecule has 2 rings (SSSR count). The van der Waals surface area contributed by atoms with Gasteiger partial charge in [-0.25, -0.2) is 9.98 Å². The Morgan fingerprint density at radius 2 is 2.00 bits per heavy atom. The first-order valence-electron chi connectivity index (χ1n) is 5.85. The summed E-state index contributed by atoms with van der Waals surface area (Å²) in [6.45, 7) is 1.86. The van der Waals surface area contributed by atoms with E-state index in [4.69, 9.17) is 0 Å². The molecule has 1 unspecified atom stereocenters. The Hall–Kier alpha value is -2.44. The quantitative estimate of drug-likeness (QED) is 0.561. The fourth-order valence-corrected chi connectivity index (χ4v) is 1.61. The number of aliphatic imine (C=N–C) groups is 2. The molecule has 0 saturated heterocycles. The van der Waals surface area contributed by atoms with Gasteiger partial charge >= 0.3 is 0 Å². The van der Waals surface area contributed by atoms with Gasteiger partial charge in [0.05, 0.1) is 5.69 Å². The maximum atomic E-state index is 9.73. The van der Waals surface area contributed by atoms with E-state index in [2.05, 4.69) is 20.6 Å². The highest BCUT2D eigenvalue weighted by Crippen LogP contribution is 2.32. The molecule has 0 radical (unpaired) electrons. The molecule has 7 nitrogen and oxygen atoms in total. The molecule has 0 spiro atoms. The van der Waals surface area contributed by atoms with Crippen LogP contribution < -0.4 is 10.6 Å². The number of nitrogens with one attached hydrogen (secondary N) is 2. The van der Waals surface area contributed by atoms with Crippen molar-refractivity contribution in [2.75, 3.05) is 19.4 Å². The summed E-state index contributed by atoms with van der Waals surface area (Å²) < 4.78 is 0. The number of hydrogen-bond donors (Lipinski definition) is 4. The Bertz CT molecular complexity index is 539. The van der Waals surface area contributed by atoms with Crippen molar-refractivity contribution in [2.24, 2.45) is 9.98 Å². The molecule has 102 valence electrons. The van der Waals surface area contributed by atoms with Gasteiger partial charge in [0.15, 0.2) is 11.5 Å². The average Bonchev–Trinajstić information content (AvgIpc) is 2.34. The molecular weight excluding hydrogens is 246 g/mol. The molecule has 7 heteroatoms. The number of guanidine groups is 2. The molecule has 1 heterocycles. The van der Waals surface area contributed by atoms with Crippen molar-refractivity contribution in [2.45, 2.75) is 13.1 Å². The Labute approximate surface area is 111 Å². The largest absolute Gasteiger partial charge is 0.504 e. The molecule has 0 aromatic heterocycles. The second kappa shape index (κ2) is 5.05. The maximum Gasteiger partial charge on any atom is 0.204 e. The van der Waals surface area contributed by atoms with Crippen LogP contribution in [-0.4, -0.2) is 47.3 Å². The van der Waals surface area contributed by atoms with Crippen LogP contribution in [0.3, 0.4) is 0 Å². The van der Waals surface area contributed by atoms with Crippen molar-refractivity contribution in [1.29, 1.82) is 0 Å². The first kappa shape index (κ1) is 13.0. The summed E-state index contributed by atoms with van der Waals surface area (Å²) >= 11 is 0. The number of nitrogens with zero attached hydrogens (tertiary/aromatic N) is 3. The van der Waals surface area contributed by atoms with Gasteiger partial charge in [-0.05, 0) is 19.1 Å². The minimum atomic E-state index is -0.222. The third kappa shape index (κ3) is 2.87. The van der Waals surface area contributed by atoms with Crippen LogP contribution in [0.4, 0.5) is 5.69 Å². The molecule has 1 atom stereocenters. The van der Waals surface area contributed by atoms with Crippen molar-refractivity contribution < 1.29 is 10.2 Å². The zero-order chi connectivity index (χ0) is 14.0. The van der Waals surface area contributed by atoms with Crippen molar-refractivity contribution in [1.82, 2.24) is 10.2 Å². The maximum absolute atomic E-state index is 9.73. The highest BCUT2D eigenvalue weighted by Gasteiger charge is 2.16. The summed E-state index contributed by atoms with van der Waals surface area (Å²) in [7, 11) is 3.74. The number of hydrogen-bond acceptors (Lipinski definition) is 7. The lowest BCUT2D eigenvalue weighted by atomic mass is 10.2. The van der Waals surface area contributed by atoms with Crippen LogP contribution in [0.1, 0.15) is 6.92 Å². The van der Waals surface area contributed by atoms with Crippen LogP contribution in [0, 0.1) is 0 Å². The van der Waals surface area contributed by atoms with E-state index in [0.29, 0.717) is 17.6 Å². The van der Waals surface area contributed by atoms with Crippen molar-refractivity contribution >= 4 is 17.6 Å². The van der Waals surface area contributed by atoms with Gasteiger partial charge in [0.2, 0.25) is 11.9 Å². The molecule has 0 fully saturated rings. The number of aromatic hydroxyl groups is 2. The van der Waals surface area contributed by atoms with Crippen LogP contribution in [0.25, 0.3) is 0 Å².